The Hall–Kier alpha value is -0.410. The second kappa shape index (κ2) is 8.62. The molecule has 0 bridgehead atoms. The number of ether oxygens (including phenoxy) is 1. The van der Waals surface area contributed by atoms with E-state index >= 15 is 0 Å². The van der Waals surface area contributed by atoms with Crippen molar-refractivity contribution in [2.24, 2.45) is 17.8 Å². The van der Waals surface area contributed by atoms with Crippen molar-refractivity contribution in [1.29, 1.82) is 0 Å². The highest BCUT2D eigenvalue weighted by Gasteiger charge is 2.35. The highest BCUT2D eigenvalue weighted by atomic mass is 16.5. The number of carbonyl (C=O) groups is 1. The molecule has 2 aliphatic carbocycles. The molecule has 23 heavy (non-hydrogen) atoms. The Balaban J connectivity index is 1.38. The minimum atomic E-state index is 0.325. The summed E-state index contributed by atoms with van der Waals surface area (Å²) in [6, 6.07) is 0. The van der Waals surface area contributed by atoms with Crippen molar-refractivity contribution in [3.8, 4) is 0 Å². The predicted octanol–water partition coefficient (Wildman–Crippen LogP) is 4.05. The van der Waals surface area contributed by atoms with Gasteiger partial charge in [0.25, 0.3) is 0 Å². The van der Waals surface area contributed by atoms with Gasteiger partial charge in [-0.3, -0.25) is 4.79 Å². The molecule has 0 spiro atoms. The van der Waals surface area contributed by atoms with E-state index in [1.54, 1.807) is 0 Å². The zero-order valence-corrected chi connectivity index (χ0v) is 15.0. The molecular weight excluding hydrogens is 286 g/mol. The topological polar surface area (TPSA) is 29.5 Å². The zero-order valence-electron chi connectivity index (χ0n) is 15.0. The van der Waals surface area contributed by atoms with E-state index in [0.717, 1.165) is 45.3 Å². The van der Waals surface area contributed by atoms with Gasteiger partial charge in [0, 0.05) is 18.4 Å². The fourth-order valence-electron chi connectivity index (χ4n) is 4.93. The van der Waals surface area contributed by atoms with E-state index < -0.39 is 0 Å². The third kappa shape index (κ3) is 4.79. The first-order valence-corrected chi connectivity index (χ1v) is 10.1. The molecule has 3 unspecified atom stereocenters. The largest absolute Gasteiger partial charge is 0.377 e. The van der Waals surface area contributed by atoms with Gasteiger partial charge in [-0.15, -0.1) is 0 Å². The molecular formula is C20H35NO2. The predicted molar refractivity (Wildman–Crippen MR) is 93.5 cm³/mol. The van der Waals surface area contributed by atoms with Gasteiger partial charge in [-0.05, 0) is 64.0 Å². The molecule has 0 radical (unpaired) electrons. The van der Waals surface area contributed by atoms with E-state index in [1.165, 1.54) is 45.2 Å². The summed E-state index contributed by atoms with van der Waals surface area (Å²) in [5.74, 6) is 1.84. The van der Waals surface area contributed by atoms with Gasteiger partial charge in [0.1, 0.15) is 5.78 Å². The molecule has 3 rings (SSSR count). The van der Waals surface area contributed by atoms with Crippen LogP contribution in [0.15, 0.2) is 0 Å². The molecule has 0 aromatic rings. The Kier molecular flexibility index (Phi) is 6.52. The molecule has 2 saturated carbocycles. The normalized spacial score (nSPS) is 33.9. The summed E-state index contributed by atoms with van der Waals surface area (Å²) in [6.07, 6.45) is 12.5. The van der Waals surface area contributed by atoms with Crippen LogP contribution in [-0.4, -0.2) is 43.0 Å². The van der Waals surface area contributed by atoms with Gasteiger partial charge in [0.15, 0.2) is 0 Å². The number of hydrogen-bond acceptors (Lipinski definition) is 3. The first-order valence-electron chi connectivity index (χ1n) is 10.1. The van der Waals surface area contributed by atoms with Gasteiger partial charge < -0.3 is 9.64 Å². The highest BCUT2D eigenvalue weighted by molar-refractivity contribution is 5.83. The maximum absolute atomic E-state index is 12.7. The molecule has 0 N–H and O–H groups in total. The number of nitrogens with zero attached hydrogens (tertiary/aromatic N) is 1. The minimum Gasteiger partial charge on any atom is -0.377 e. The van der Waals surface area contributed by atoms with Crippen LogP contribution in [0, 0.1) is 17.8 Å². The molecule has 1 saturated heterocycles. The second-order valence-corrected chi connectivity index (χ2v) is 8.18. The van der Waals surface area contributed by atoms with Crippen LogP contribution in [0.5, 0.6) is 0 Å². The lowest BCUT2D eigenvalue weighted by Gasteiger charge is -2.35. The molecule has 0 aromatic heterocycles. The number of rotatable bonds is 6. The Morgan fingerprint density at radius 1 is 0.957 bits per heavy atom. The van der Waals surface area contributed by atoms with E-state index in [0.29, 0.717) is 29.6 Å². The number of likely N-dealkylation sites (tertiary alicyclic amines) is 1. The minimum absolute atomic E-state index is 0.325. The monoisotopic (exact) mass is 321 g/mol. The summed E-state index contributed by atoms with van der Waals surface area (Å²) in [6.45, 7) is 6.76. The van der Waals surface area contributed by atoms with Crippen LogP contribution in [0.25, 0.3) is 0 Å². The van der Waals surface area contributed by atoms with Crippen LogP contribution in [0.4, 0.5) is 0 Å². The molecule has 3 fully saturated rings. The maximum Gasteiger partial charge on any atom is 0.139 e. The zero-order chi connectivity index (χ0) is 16.1. The summed E-state index contributed by atoms with van der Waals surface area (Å²) in [4.78, 5) is 15.3. The Bertz CT molecular complexity index is 372. The van der Waals surface area contributed by atoms with Crippen LogP contribution in [-0.2, 0) is 9.53 Å². The molecule has 132 valence electrons. The van der Waals surface area contributed by atoms with Crippen molar-refractivity contribution >= 4 is 5.78 Å². The molecule has 1 aliphatic heterocycles. The first-order chi connectivity index (χ1) is 11.2. The second-order valence-electron chi connectivity index (χ2n) is 8.18. The quantitative estimate of drug-likeness (QED) is 0.739. The van der Waals surface area contributed by atoms with Crippen LogP contribution in [0.3, 0.4) is 0 Å². The summed E-state index contributed by atoms with van der Waals surface area (Å²) in [5.41, 5.74) is 0. The van der Waals surface area contributed by atoms with Crippen molar-refractivity contribution in [2.75, 3.05) is 26.2 Å². The molecule has 3 atom stereocenters. The van der Waals surface area contributed by atoms with Crippen LogP contribution in [0.1, 0.15) is 71.1 Å². The lowest BCUT2D eigenvalue weighted by atomic mass is 9.73. The van der Waals surface area contributed by atoms with E-state index in [4.69, 9.17) is 4.74 Å². The van der Waals surface area contributed by atoms with Crippen LogP contribution in [0.2, 0.25) is 0 Å². The van der Waals surface area contributed by atoms with Crippen molar-refractivity contribution in [1.82, 2.24) is 4.90 Å². The Labute approximate surface area is 142 Å². The summed E-state index contributed by atoms with van der Waals surface area (Å²) in [7, 11) is 0. The first kappa shape index (κ1) is 17.4. The van der Waals surface area contributed by atoms with Crippen molar-refractivity contribution < 1.29 is 9.53 Å². The maximum atomic E-state index is 12.7. The van der Waals surface area contributed by atoms with E-state index in [9.17, 15) is 4.79 Å². The third-order valence-electron chi connectivity index (χ3n) is 6.44. The van der Waals surface area contributed by atoms with Crippen LogP contribution >= 0.6 is 0 Å². The van der Waals surface area contributed by atoms with E-state index in [-0.39, 0.29) is 0 Å². The smallest absolute Gasteiger partial charge is 0.139 e. The summed E-state index contributed by atoms with van der Waals surface area (Å²) < 4.78 is 6.18. The van der Waals surface area contributed by atoms with Gasteiger partial charge >= 0.3 is 0 Å². The molecule has 0 amide bonds. The van der Waals surface area contributed by atoms with Gasteiger partial charge in [-0.25, -0.2) is 0 Å². The number of Topliss-reactive ketones (excluding diaryl/α,β-unsaturated/α-hetero) is 1. The van der Waals surface area contributed by atoms with Gasteiger partial charge in [-0.2, -0.15) is 0 Å². The fraction of sp³-hybridized carbons (Fsp3) is 0.950. The Morgan fingerprint density at radius 2 is 1.70 bits per heavy atom. The molecule has 3 aliphatic rings. The highest BCUT2D eigenvalue weighted by Crippen LogP contribution is 2.36. The number of ketones is 1. The number of hydrogen-bond donors (Lipinski definition) is 0. The van der Waals surface area contributed by atoms with Gasteiger partial charge in [0.05, 0.1) is 12.7 Å². The fourth-order valence-corrected chi connectivity index (χ4v) is 4.93. The third-order valence-corrected chi connectivity index (χ3v) is 6.44. The average Bonchev–Trinajstić information content (AvgIpc) is 3.10. The Morgan fingerprint density at radius 3 is 2.39 bits per heavy atom. The lowest BCUT2D eigenvalue weighted by molar-refractivity contribution is -0.131. The van der Waals surface area contributed by atoms with Crippen molar-refractivity contribution in [3.63, 3.8) is 0 Å². The number of carbonyl (C=O) groups excluding carboxylic acids is 1. The van der Waals surface area contributed by atoms with E-state index in [2.05, 4.69) is 11.8 Å². The van der Waals surface area contributed by atoms with Gasteiger partial charge in [0.2, 0.25) is 0 Å². The molecule has 3 nitrogen and oxygen atoms in total. The standard InChI is InChI=1S/C20H35NO2/c1-16-15-18(20(22)17-7-3-2-4-8-17)9-10-19(16)23-14-13-21-11-5-6-12-21/h16-19H,2-15H2,1H3. The molecule has 1 heterocycles. The summed E-state index contributed by atoms with van der Waals surface area (Å²) >= 11 is 0. The lowest BCUT2D eigenvalue weighted by Crippen LogP contribution is -2.37. The van der Waals surface area contributed by atoms with Gasteiger partial charge in [-0.1, -0.05) is 26.2 Å². The van der Waals surface area contributed by atoms with Crippen LogP contribution < -0.4 is 0 Å². The molecule has 3 heteroatoms. The van der Waals surface area contributed by atoms with Crippen molar-refractivity contribution in [3.05, 3.63) is 0 Å². The SMILES string of the molecule is CC1CC(C(=O)C2CCCCC2)CCC1OCCN1CCCC1. The summed E-state index contributed by atoms with van der Waals surface area (Å²) in [5, 5.41) is 0. The molecule has 0 aromatic carbocycles. The van der Waals surface area contributed by atoms with E-state index in [1.807, 2.05) is 0 Å². The average molecular weight is 322 g/mol. The van der Waals surface area contributed by atoms with Crippen molar-refractivity contribution in [2.45, 2.75) is 77.2 Å².